The summed E-state index contributed by atoms with van der Waals surface area (Å²) >= 11 is 6.42. The highest BCUT2D eigenvalue weighted by atomic mass is 35.5. The second-order valence-electron chi connectivity index (χ2n) is 19.8. The lowest BCUT2D eigenvalue weighted by Crippen LogP contribution is -2.58. The topological polar surface area (TPSA) is 245 Å². The third-order valence-corrected chi connectivity index (χ3v) is 14.5. The van der Waals surface area contributed by atoms with Crippen molar-refractivity contribution in [3.05, 3.63) is 108 Å². The Bertz CT molecular complexity index is 2930. The number of aromatic nitrogens is 1. The average Bonchev–Trinajstić information content (AvgIpc) is 4.04. The number of nitrogens with zero attached hydrogens (tertiary/aromatic N) is 3. The van der Waals surface area contributed by atoms with Crippen LogP contribution in [0, 0.1) is 5.41 Å². The van der Waals surface area contributed by atoms with E-state index in [9.17, 15) is 38.7 Å². The molecule has 1 aromatic heterocycles. The number of ether oxygens (including phenoxy) is 1. The minimum atomic E-state index is -1.31. The minimum Gasteiger partial charge on any atom is -0.507 e. The number of anilines is 2. The van der Waals surface area contributed by atoms with E-state index in [0.717, 1.165) is 32.8 Å². The van der Waals surface area contributed by atoms with Gasteiger partial charge in [-0.25, -0.2) is 4.79 Å². The van der Waals surface area contributed by atoms with E-state index in [2.05, 4.69) is 40.3 Å². The Morgan fingerprint density at radius 3 is 2.32 bits per heavy atom. The maximum atomic E-state index is 14.0. The molecular formula is C54H63ClN9O9+. The van der Waals surface area contributed by atoms with Gasteiger partial charge in [0.05, 0.1) is 19.8 Å². The van der Waals surface area contributed by atoms with Gasteiger partial charge in [-0.2, -0.15) is 0 Å². The number of phenols is 1. The molecule has 19 heteroatoms. The molecule has 0 bridgehead atoms. The Hall–Kier alpha value is -7.44. The van der Waals surface area contributed by atoms with Crippen molar-refractivity contribution in [3.8, 4) is 11.5 Å². The molecule has 1 fully saturated rings. The van der Waals surface area contributed by atoms with E-state index in [1.54, 1.807) is 23.1 Å². The molecular weight excluding hydrogens is 954 g/mol. The number of quaternary nitrogens is 1. The van der Waals surface area contributed by atoms with Gasteiger partial charge in [-0.1, -0.05) is 42.8 Å². The highest BCUT2D eigenvalue weighted by molar-refractivity contribution is 6.19. The molecule has 8 N–H and O–H groups in total. The monoisotopic (exact) mass is 1020 g/mol. The predicted octanol–water partition coefficient (Wildman–Crippen LogP) is 5.92. The first-order chi connectivity index (χ1) is 35.1. The van der Waals surface area contributed by atoms with Crippen LogP contribution in [0.5, 0.6) is 11.5 Å². The Labute approximate surface area is 428 Å². The van der Waals surface area contributed by atoms with Crippen LogP contribution < -0.4 is 36.6 Å². The number of nitrogens with two attached hydrogens (primary N) is 1. The fraction of sp³-hybridized carbons (Fsp3) is 0.389. The van der Waals surface area contributed by atoms with Crippen LogP contribution in [0.15, 0.2) is 91.0 Å². The van der Waals surface area contributed by atoms with Gasteiger partial charge >= 0.3 is 6.03 Å². The summed E-state index contributed by atoms with van der Waals surface area (Å²) in [7, 11) is 4.19. The summed E-state index contributed by atoms with van der Waals surface area (Å²) in [6.07, 6.45) is 6.19. The number of alkyl halides is 1. The zero-order chi connectivity index (χ0) is 51.9. The van der Waals surface area contributed by atoms with Gasteiger partial charge in [0.25, 0.3) is 17.7 Å². The maximum absolute atomic E-state index is 14.0. The van der Waals surface area contributed by atoms with Gasteiger partial charge in [-0.3, -0.25) is 33.7 Å². The number of hydrogen-bond acceptors (Lipinski definition) is 9. The number of aromatic amines is 1. The first-order valence-corrected chi connectivity index (χ1v) is 25.4. The molecule has 384 valence electrons. The third kappa shape index (κ3) is 11.9. The summed E-state index contributed by atoms with van der Waals surface area (Å²) in [5, 5.41) is 24.4. The number of amides is 8. The normalized spacial score (nSPS) is 16.3. The zero-order valence-corrected chi connectivity index (χ0v) is 41.9. The van der Waals surface area contributed by atoms with Crippen molar-refractivity contribution >= 4 is 86.1 Å². The van der Waals surface area contributed by atoms with E-state index < -0.39 is 35.2 Å². The van der Waals surface area contributed by atoms with Gasteiger partial charge < -0.3 is 51.2 Å². The number of phenolic OH excluding ortho intramolecular Hbond substituents is 1. The average molecular weight is 1020 g/mol. The fourth-order valence-corrected chi connectivity index (χ4v) is 10.1. The maximum Gasteiger partial charge on any atom is 0.312 e. The van der Waals surface area contributed by atoms with Crippen molar-refractivity contribution in [2.24, 2.45) is 11.1 Å². The van der Waals surface area contributed by atoms with E-state index in [1.807, 2.05) is 60.7 Å². The van der Waals surface area contributed by atoms with E-state index >= 15 is 0 Å². The number of urea groups is 1. The number of benzene rings is 4. The van der Waals surface area contributed by atoms with Crippen LogP contribution in [0.4, 0.5) is 16.2 Å². The molecule has 18 nitrogen and oxygen atoms in total. The molecule has 0 radical (unpaired) electrons. The van der Waals surface area contributed by atoms with E-state index in [1.165, 1.54) is 17.1 Å². The summed E-state index contributed by atoms with van der Waals surface area (Å²) in [4.78, 5) is 96.1. The standard InChI is InChI=1S/C54H62ClN9O9/c1-64(2,26-27-73-38-17-18-41-35(28-38)29-43(60-41)50(69)63-32-36(31-55)48-40-11-5-4-10-39(40)45(65)30-44(48)63)33-34-13-15-37(16-14-34)59-49(68)42(12-8-24-58-53(56)72)61-52(71)54(21-9-22-54)51(70)57-23-6-3-7-25-62-46(66)19-20-47(62)67/h4-5,10-11,13-20,28-30,36,42H,3,6-9,12,21-27,31-33H2,1-2H3,(H7-,56,57,58,59,60,61,65,68,69,70,71,72)/p+1/t36-,42+/m1/s1. The number of halogens is 1. The first kappa shape index (κ1) is 51.9. The summed E-state index contributed by atoms with van der Waals surface area (Å²) in [6, 6.07) is 22.5. The summed E-state index contributed by atoms with van der Waals surface area (Å²) in [6.45, 7) is 2.94. The van der Waals surface area contributed by atoms with Gasteiger partial charge in [0.2, 0.25) is 17.7 Å². The quantitative estimate of drug-likeness (QED) is 0.0135. The summed E-state index contributed by atoms with van der Waals surface area (Å²) in [5.41, 5.74) is 8.28. The molecule has 3 aliphatic rings. The number of rotatable bonds is 23. The van der Waals surface area contributed by atoms with Crippen LogP contribution >= 0.6 is 11.6 Å². The van der Waals surface area contributed by atoms with Crippen LogP contribution in [-0.2, 0) is 30.5 Å². The molecule has 2 atom stereocenters. The Kier molecular flexibility index (Phi) is 16.0. The van der Waals surface area contributed by atoms with Gasteiger partial charge in [-0.15, -0.1) is 11.6 Å². The van der Waals surface area contributed by atoms with Crippen LogP contribution in [0.25, 0.3) is 21.7 Å². The van der Waals surface area contributed by atoms with Crippen molar-refractivity contribution in [3.63, 3.8) is 0 Å². The molecule has 0 unspecified atom stereocenters. The summed E-state index contributed by atoms with van der Waals surface area (Å²) < 4.78 is 6.82. The van der Waals surface area contributed by atoms with Crippen molar-refractivity contribution in [1.82, 2.24) is 25.8 Å². The number of hydrogen-bond donors (Lipinski definition) is 7. The minimum absolute atomic E-state index is 0.0819. The lowest BCUT2D eigenvalue weighted by Gasteiger charge is -2.39. The Morgan fingerprint density at radius 1 is 0.890 bits per heavy atom. The van der Waals surface area contributed by atoms with Crippen LogP contribution in [-0.4, -0.2) is 126 Å². The molecule has 8 rings (SSSR count). The number of unbranched alkanes of at least 4 members (excludes halogenated alkanes) is 2. The molecule has 3 heterocycles. The zero-order valence-electron chi connectivity index (χ0n) is 41.1. The van der Waals surface area contributed by atoms with Crippen LogP contribution in [0.3, 0.4) is 0 Å². The largest absolute Gasteiger partial charge is 0.507 e. The SMILES string of the molecule is C[N+](C)(CCOc1ccc2[nH]c(C(=O)N3C[C@@H](CCl)c4c3cc(O)c3ccccc43)cc2c1)Cc1ccc(NC(=O)[C@H](CCCNC(N)=O)NC(=O)C2(C(=O)NCCCCCN3C(=O)C=CC3=O)CCC2)cc1. The molecule has 4 aromatic carbocycles. The molecule has 1 aliphatic carbocycles. The number of nitrogens with one attached hydrogen (secondary N) is 5. The van der Waals surface area contributed by atoms with Crippen molar-refractivity contribution in [1.29, 1.82) is 0 Å². The van der Waals surface area contributed by atoms with Crippen molar-refractivity contribution in [2.45, 2.75) is 69.9 Å². The number of primary amides is 1. The number of carbonyl (C=O) groups is 7. The van der Waals surface area contributed by atoms with Gasteiger partial charge in [0.15, 0.2) is 0 Å². The van der Waals surface area contributed by atoms with Gasteiger partial charge in [-0.05, 0) is 92.3 Å². The number of carbonyl (C=O) groups excluding carboxylic acids is 7. The predicted molar refractivity (Wildman–Crippen MR) is 278 cm³/mol. The second kappa shape index (κ2) is 22.5. The molecule has 5 aromatic rings. The molecule has 0 saturated heterocycles. The molecule has 8 amide bonds. The Morgan fingerprint density at radius 2 is 1.62 bits per heavy atom. The van der Waals surface area contributed by atoms with Gasteiger partial charge in [0, 0.05) is 83.7 Å². The van der Waals surface area contributed by atoms with E-state index in [-0.39, 0.29) is 42.4 Å². The van der Waals surface area contributed by atoms with Gasteiger partial charge in [0.1, 0.15) is 48.3 Å². The first-order valence-electron chi connectivity index (χ1n) is 24.8. The highest BCUT2D eigenvalue weighted by Crippen LogP contribution is 2.46. The number of fused-ring (bicyclic) bond motifs is 4. The van der Waals surface area contributed by atoms with Crippen molar-refractivity contribution < 1.29 is 47.9 Å². The van der Waals surface area contributed by atoms with E-state index in [4.69, 9.17) is 22.1 Å². The number of H-pyrrole nitrogens is 1. The summed E-state index contributed by atoms with van der Waals surface area (Å²) in [5.74, 6) is -1.27. The van der Waals surface area contributed by atoms with Crippen LogP contribution in [0.1, 0.15) is 78.9 Å². The number of aromatic hydroxyl groups is 1. The lowest BCUT2D eigenvalue weighted by atomic mass is 9.67. The third-order valence-electron chi connectivity index (χ3n) is 14.1. The fourth-order valence-electron chi connectivity index (χ4n) is 9.88. The van der Waals surface area contributed by atoms with Crippen LogP contribution in [0.2, 0.25) is 0 Å². The number of likely N-dealkylation sites (N-methyl/N-ethyl adjacent to an activating group) is 1. The van der Waals surface area contributed by atoms with Crippen molar-refractivity contribution in [2.75, 3.05) is 69.5 Å². The molecule has 2 aliphatic heterocycles. The second-order valence-corrected chi connectivity index (χ2v) is 20.1. The lowest BCUT2D eigenvalue weighted by molar-refractivity contribution is -0.903. The molecule has 0 spiro atoms. The Balaban J connectivity index is 0.817. The van der Waals surface area contributed by atoms with E-state index in [0.29, 0.717) is 117 Å². The smallest absolute Gasteiger partial charge is 0.312 e. The number of imide groups is 1. The molecule has 1 saturated carbocycles. The molecule has 73 heavy (non-hydrogen) atoms. The highest BCUT2D eigenvalue weighted by Gasteiger charge is 2.51.